The van der Waals surface area contributed by atoms with E-state index in [2.05, 4.69) is 20.8 Å². The summed E-state index contributed by atoms with van der Waals surface area (Å²) in [7, 11) is 0. The summed E-state index contributed by atoms with van der Waals surface area (Å²) in [6.45, 7) is 1.90. The summed E-state index contributed by atoms with van der Waals surface area (Å²) in [4.78, 5) is 24.9. The lowest BCUT2D eigenvalue weighted by atomic mass is 10.0. The topological polar surface area (TPSA) is 119 Å². The van der Waals surface area contributed by atoms with Gasteiger partial charge in [-0.15, -0.1) is 10.2 Å². The average Bonchev–Trinajstić information content (AvgIpc) is 3.45. The zero-order chi connectivity index (χ0) is 21.8. The number of nitrogens with zero attached hydrogens (tertiary/aromatic N) is 2. The predicted molar refractivity (Wildman–Crippen MR) is 112 cm³/mol. The maximum atomic E-state index is 12.7. The maximum Gasteiger partial charge on any atom is 0.338 e. The SMILES string of the molecule is CCOC(=O)C1=C(CSc2nnc(-c3ccc(Cl)cc3)o2)NC(=O)NC1c1ccco1. The molecule has 1 aromatic carbocycles. The van der Waals surface area contributed by atoms with Crippen molar-refractivity contribution in [1.29, 1.82) is 0 Å². The minimum Gasteiger partial charge on any atom is -0.467 e. The number of carbonyl (C=O) groups is 2. The Hall–Kier alpha value is -3.24. The van der Waals surface area contributed by atoms with E-state index < -0.39 is 18.0 Å². The molecule has 4 rings (SSSR count). The Morgan fingerprint density at radius 1 is 1.26 bits per heavy atom. The van der Waals surface area contributed by atoms with Crippen LogP contribution in [0, 0.1) is 0 Å². The van der Waals surface area contributed by atoms with Crippen molar-refractivity contribution in [3.63, 3.8) is 0 Å². The summed E-state index contributed by atoms with van der Waals surface area (Å²) in [5, 5.41) is 14.3. The number of halogens is 1. The zero-order valence-corrected chi connectivity index (χ0v) is 17.8. The van der Waals surface area contributed by atoms with Crippen molar-refractivity contribution in [3.05, 3.63) is 64.7 Å². The van der Waals surface area contributed by atoms with Crippen LogP contribution < -0.4 is 10.6 Å². The molecular weight excluding hydrogens is 444 g/mol. The highest BCUT2D eigenvalue weighted by Crippen LogP contribution is 2.31. The van der Waals surface area contributed by atoms with Crippen molar-refractivity contribution >= 4 is 35.4 Å². The summed E-state index contributed by atoms with van der Waals surface area (Å²) in [6.07, 6.45) is 1.47. The number of rotatable bonds is 7. The molecule has 160 valence electrons. The molecule has 0 aliphatic carbocycles. The lowest BCUT2D eigenvalue weighted by Crippen LogP contribution is -2.46. The zero-order valence-electron chi connectivity index (χ0n) is 16.3. The van der Waals surface area contributed by atoms with Crippen LogP contribution in [0.1, 0.15) is 18.7 Å². The number of hydrogen-bond acceptors (Lipinski definition) is 8. The van der Waals surface area contributed by atoms with Gasteiger partial charge in [0.1, 0.15) is 11.8 Å². The van der Waals surface area contributed by atoms with Gasteiger partial charge in [-0.25, -0.2) is 9.59 Å². The number of carbonyl (C=O) groups excluding carboxylic acids is 2. The van der Waals surface area contributed by atoms with Gasteiger partial charge in [-0.05, 0) is 43.3 Å². The van der Waals surface area contributed by atoms with E-state index in [1.165, 1.54) is 18.0 Å². The predicted octanol–water partition coefficient (Wildman–Crippen LogP) is 3.95. The summed E-state index contributed by atoms with van der Waals surface area (Å²) >= 11 is 7.08. The van der Waals surface area contributed by atoms with Crippen LogP contribution in [0.15, 0.2) is 68.0 Å². The fourth-order valence-electron chi connectivity index (χ4n) is 2.96. The summed E-state index contributed by atoms with van der Waals surface area (Å²) in [6, 6.07) is 9.11. The number of aromatic nitrogens is 2. The molecular formula is C20H17ClN4O5S. The second-order valence-electron chi connectivity index (χ2n) is 6.33. The average molecular weight is 461 g/mol. The number of amides is 2. The van der Waals surface area contributed by atoms with Gasteiger partial charge < -0.3 is 24.2 Å². The van der Waals surface area contributed by atoms with E-state index in [-0.39, 0.29) is 23.2 Å². The van der Waals surface area contributed by atoms with Crippen LogP contribution in [0.25, 0.3) is 11.5 Å². The number of nitrogens with one attached hydrogen (secondary N) is 2. The minimum atomic E-state index is -0.772. The van der Waals surface area contributed by atoms with Crippen molar-refractivity contribution in [3.8, 4) is 11.5 Å². The van der Waals surface area contributed by atoms with Gasteiger partial charge in [0.05, 0.1) is 18.4 Å². The number of furan rings is 1. The molecule has 31 heavy (non-hydrogen) atoms. The molecule has 11 heteroatoms. The molecule has 0 saturated heterocycles. The molecule has 1 unspecified atom stereocenters. The molecule has 0 saturated carbocycles. The van der Waals surface area contributed by atoms with Crippen molar-refractivity contribution < 1.29 is 23.2 Å². The summed E-state index contributed by atoms with van der Waals surface area (Å²) < 4.78 is 16.3. The number of esters is 1. The number of urea groups is 1. The Balaban J connectivity index is 1.58. The molecule has 2 aromatic heterocycles. The third kappa shape index (κ3) is 4.75. The van der Waals surface area contributed by atoms with Crippen LogP contribution in [-0.4, -0.2) is 34.6 Å². The second kappa shape index (κ2) is 9.27. The van der Waals surface area contributed by atoms with Crippen molar-refractivity contribution in [2.24, 2.45) is 0 Å². The minimum absolute atomic E-state index is 0.190. The molecule has 0 bridgehead atoms. The summed E-state index contributed by atoms with van der Waals surface area (Å²) in [5.74, 6) is 0.394. The van der Waals surface area contributed by atoms with Crippen LogP contribution in [0.3, 0.4) is 0 Å². The highest BCUT2D eigenvalue weighted by atomic mass is 35.5. The fourth-order valence-corrected chi connectivity index (χ4v) is 3.82. The fraction of sp³-hybridized carbons (Fsp3) is 0.200. The maximum absolute atomic E-state index is 12.7. The largest absolute Gasteiger partial charge is 0.467 e. The summed E-state index contributed by atoms with van der Waals surface area (Å²) in [5.41, 5.74) is 1.35. The first-order valence-electron chi connectivity index (χ1n) is 9.28. The van der Waals surface area contributed by atoms with E-state index in [0.717, 1.165) is 5.56 Å². The van der Waals surface area contributed by atoms with Crippen LogP contribution in [0.5, 0.6) is 0 Å². The van der Waals surface area contributed by atoms with Gasteiger partial charge in [0.15, 0.2) is 0 Å². The molecule has 1 aliphatic rings. The first-order chi connectivity index (χ1) is 15.0. The molecule has 0 radical (unpaired) electrons. The Kier molecular flexibility index (Phi) is 6.28. The molecule has 0 spiro atoms. The Morgan fingerprint density at radius 3 is 2.77 bits per heavy atom. The number of thioether (sulfide) groups is 1. The van der Waals surface area contributed by atoms with Gasteiger partial charge in [0, 0.05) is 22.0 Å². The van der Waals surface area contributed by atoms with Gasteiger partial charge in [-0.1, -0.05) is 23.4 Å². The molecule has 0 fully saturated rings. The normalized spacial score (nSPS) is 16.1. The molecule has 3 aromatic rings. The smallest absolute Gasteiger partial charge is 0.338 e. The van der Waals surface area contributed by atoms with E-state index in [4.69, 9.17) is 25.2 Å². The van der Waals surface area contributed by atoms with Crippen LogP contribution in [0.4, 0.5) is 4.79 Å². The standard InChI is InChI=1S/C20H17ClN4O5S/c1-2-28-18(26)15-13(22-19(27)23-16(15)14-4-3-9-29-14)10-31-20-25-24-17(30-20)11-5-7-12(21)8-6-11/h3-9,16H,2,10H2,1H3,(H2,22,23,27). The highest BCUT2D eigenvalue weighted by molar-refractivity contribution is 7.99. The van der Waals surface area contributed by atoms with Gasteiger partial charge in [-0.2, -0.15) is 0 Å². The molecule has 1 atom stereocenters. The van der Waals surface area contributed by atoms with Crippen molar-refractivity contribution in [2.75, 3.05) is 12.4 Å². The lowest BCUT2D eigenvalue weighted by Gasteiger charge is -2.27. The number of benzene rings is 1. The van der Waals surface area contributed by atoms with E-state index >= 15 is 0 Å². The van der Waals surface area contributed by atoms with Crippen LogP contribution in [-0.2, 0) is 9.53 Å². The van der Waals surface area contributed by atoms with E-state index in [9.17, 15) is 9.59 Å². The van der Waals surface area contributed by atoms with Gasteiger partial charge in [0.25, 0.3) is 5.22 Å². The quantitative estimate of drug-likeness (QED) is 0.401. The van der Waals surface area contributed by atoms with E-state index in [1.54, 1.807) is 43.3 Å². The van der Waals surface area contributed by atoms with E-state index in [0.29, 0.717) is 22.4 Å². The van der Waals surface area contributed by atoms with Gasteiger partial charge >= 0.3 is 12.0 Å². The number of hydrogen-bond donors (Lipinski definition) is 2. The first kappa shape index (κ1) is 21.0. The van der Waals surface area contributed by atoms with E-state index in [1.807, 2.05) is 0 Å². The Bertz CT molecular complexity index is 1110. The van der Waals surface area contributed by atoms with Gasteiger partial charge in [-0.3, -0.25) is 0 Å². The van der Waals surface area contributed by atoms with Crippen LogP contribution in [0.2, 0.25) is 5.02 Å². The first-order valence-corrected chi connectivity index (χ1v) is 10.6. The third-order valence-corrected chi connectivity index (χ3v) is 5.41. The van der Waals surface area contributed by atoms with Crippen molar-refractivity contribution in [2.45, 2.75) is 18.2 Å². The lowest BCUT2D eigenvalue weighted by molar-refractivity contribution is -0.139. The Labute approximate surface area is 186 Å². The molecule has 2 N–H and O–H groups in total. The highest BCUT2D eigenvalue weighted by Gasteiger charge is 2.35. The number of ether oxygens (including phenoxy) is 1. The monoisotopic (exact) mass is 460 g/mol. The molecule has 2 amide bonds. The molecule has 1 aliphatic heterocycles. The molecule has 9 nitrogen and oxygen atoms in total. The van der Waals surface area contributed by atoms with Crippen molar-refractivity contribution in [1.82, 2.24) is 20.8 Å². The Morgan fingerprint density at radius 2 is 2.06 bits per heavy atom. The second-order valence-corrected chi connectivity index (χ2v) is 7.69. The van der Waals surface area contributed by atoms with Gasteiger partial charge in [0.2, 0.25) is 5.89 Å². The molecule has 3 heterocycles. The van der Waals surface area contributed by atoms with Crippen LogP contribution >= 0.6 is 23.4 Å². The third-order valence-electron chi connectivity index (χ3n) is 4.31.